The minimum Gasteiger partial charge on any atom is -0.786 e. The second-order valence-corrected chi connectivity index (χ2v) is 7.44. The summed E-state index contributed by atoms with van der Waals surface area (Å²) in [5.41, 5.74) is 0. The molecule has 0 rings (SSSR count). The van der Waals surface area contributed by atoms with Crippen molar-refractivity contribution >= 4 is 49.2 Å². The quantitative estimate of drug-likeness (QED) is 0.433. The Morgan fingerprint density at radius 2 is 0.737 bits per heavy atom. The van der Waals surface area contributed by atoms with E-state index < -0.39 is 0 Å². The van der Waals surface area contributed by atoms with Gasteiger partial charge in [0, 0.05) is 0 Å². The van der Waals surface area contributed by atoms with Gasteiger partial charge < -0.3 is 25.3 Å². The molecule has 0 aliphatic heterocycles. The summed E-state index contributed by atoms with van der Waals surface area (Å²) in [6.07, 6.45) is 4.17. The predicted molar refractivity (Wildman–Crippen MR) is 101 cm³/mol. The second-order valence-electron chi connectivity index (χ2n) is 5.23. The molecule has 0 spiro atoms. The Bertz CT molecular complexity index is 108. The van der Waals surface area contributed by atoms with Gasteiger partial charge in [0.1, 0.15) is 0 Å². The first-order valence-electron chi connectivity index (χ1n) is 6.94. The molecule has 0 saturated carbocycles. The zero-order valence-corrected chi connectivity index (χ0v) is 19.0. The number of rotatable bonds is 2. The van der Waals surface area contributed by atoms with Crippen molar-refractivity contribution in [2.75, 3.05) is 0 Å². The molecule has 0 aromatic carbocycles. The molecule has 0 nitrogen and oxygen atoms in total. The zero-order valence-electron chi connectivity index (χ0n) is 14.6. The minimum absolute atomic E-state index is 0. The van der Waals surface area contributed by atoms with Crippen molar-refractivity contribution in [2.24, 2.45) is 0 Å². The van der Waals surface area contributed by atoms with Crippen LogP contribution in [0.4, 0.5) is 0 Å². The summed E-state index contributed by atoms with van der Waals surface area (Å²) in [5, 5.41) is 0. The van der Waals surface area contributed by atoms with Gasteiger partial charge in [-0.3, -0.25) is 0 Å². The van der Waals surface area contributed by atoms with E-state index in [1.165, 1.54) is 0 Å². The van der Waals surface area contributed by atoms with E-state index in [0.29, 0.717) is 0 Å². The average Bonchev–Trinajstić information content (AvgIpc) is 2.19. The third kappa shape index (κ3) is 106. The molecule has 0 aromatic rings. The van der Waals surface area contributed by atoms with E-state index in [1.54, 1.807) is 0 Å². The smallest absolute Gasteiger partial charge is 0.786 e. The van der Waals surface area contributed by atoms with Crippen LogP contribution in [0.1, 0.15) is 81.1 Å². The third-order valence-electron chi connectivity index (χ3n) is 1.70. The summed E-state index contributed by atoms with van der Waals surface area (Å²) in [5.74, 6) is 0. The van der Waals surface area contributed by atoms with E-state index in [9.17, 15) is 0 Å². The van der Waals surface area contributed by atoms with Crippen LogP contribution in [0.25, 0.3) is 0 Å². The van der Waals surface area contributed by atoms with Crippen LogP contribution in [0, 0.1) is 13.8 Å². The normalized spacial score (nSPS) is 9.47. The predicted octanol–water partition coefficient (Wildman–Crippen LogP) is 5.52. The van der Waals surface area contributed by atoms with Crippen molar-refractivity contribution in [3.63, 3.8) is 0 Å². The summed E-state index contributed by atoms with van der Waals surface area (Å²) in [7, 11) is 0. The Labute approximate surface area is 153 Å². The van der Waals surface area contributed by atoms with Crippen molar-refractivity contribution in [2.45, 2.75) is 90.6 Å². The third-order valence-corrected chi connectivity index (χ3v) is 2.28. The van der Waals surface area contributed by atoms with Gasteiger partial charge in [0.05, 0.1) is 0 Å². The summed E-state index contributed by atoms with van der Waals surface area (Å²) in [6, 6.07) is 0. The van der Waals surface area contributed by atoms with E-state index in [4.69, 9.17) is 25.3 Å². The Kier molecular flexibility index (Phi) is 37.2. The van der Waals surface area contributed by atoms with Crippen LogP contribution in [0.3, 0.4) is 0 Å². The van der Waals surface area contributed by atoms with E-state index >= 15 is 0 Å². The van der Waals surface area contributed by atoms with Crippen molar-refractivity contribution in [3.05, 3.63) is 13.8 Å². The fourth-order valence-electron chi connectivity index (χ4n) is 0. The van der Waals surface area contributed by atoms with Crippen LogP contribution in [-0.2, 0) is 25.3 Å². The molecule has 0 aliphatic rings. The molecular weight excluding hydrogens is 375 g/mol. The minimum atomic E-state index is 0. The summed E-state index contributed by atoms with van der Waals surface area (Å²) in [6.45, 7) is 23.4. The molecule has 0 aliphatic carbocycles. The fourth-order valence-corrected chi connectivity index (χ4v) is 0. The van der Waals surface area contributed by atoms with Gasteiger partial charge in [-0.05, 0) is 0 Å². The van der Waals surface area contributed by atoms with Gasteiger partial charge in [-0.25, -0.2) is 0 Å². The van der Waals surface area contributed by atoms with Crippen LogP contribution >= 0.6 is 0 Å². The first-order chi connectivity index (χ1) is 7.95. The molecular formula is C16H36S2Sn. The van der Waals surface area contributed by atoms with Gasteiger partial charge in [-0.15, -0.1) is 0 Å². The first-order valence-corrected chi connectivity index (χ1v) is 7.76. The van der Waals surface area contributed by atoms with Crippen LogP contribution in [0.2, 0.25) is 0 Å². The summed E-state index contributed by atoms with van der Waals surface area (Å²) < 4.78 is 0.250. The Hall–Kier alpha value is 1.50. The summed E-state index contributed by atoms with van der Waals surface area (Å²) in [4.78, 5) is 0. The maximum Gasteiger partial charge on any atom is 2.00 e. The zero-order chi connectivity index (χ0) is 15.8. The van der Waals surface area contributed by atoms with Gasteiger partial charge in [-0.1, -0.05) is 94.9 Å². The largest absolute Gasteiger partial charge is 2.00 e. The van der Waals surface area contributed by atoms with E-state index in [0.717, 1.165) is 25.7 Å². The molecule has 0 heterocycles. The van der Waals surface area contributed by atoms with Crippen LogP contribution in [0.15, 0.2) is 0 Å². The van der Waals surface area contributed by atoms with E-state index in [2.05, 4.69) is 55.4 Å². The Morgan fingerprint density at radius 3 is 0.737 bits per heavy atom. The molecule has 4 radical (unpaired) electrons. The van der Waals surface area contributed by atoms with Gasteiger partial charge in [0.25, 0.3) is 0 Å². The van der Waals surface area contributed by atoms with E-state index in [1.807, 2.05) is 13.8 Å². The van der Waals surface area contributed by atoms with Crippen molar-refractivity contribution < 1.29 is 0 Å². The number of hydrogen-bond donors (Lipinski definition) is 0. The average molecular weight is 411 g/mol. The van der Waals surface area contributed by atoms with Gasteiger partial charge in [0.15, 0.2) is 0 Å². The van der Waals surface area contributed by atoms with Crippen LogP contribution < -0.4 is 0 Å². The van der Waals surface area contributed by atoms with Crippen molar-refractivity contribution in [3.8, 4) is 0 Å². The van der Waals surface area contributed by atoms with E-state index in [-0.39, 0.29) is 33.4 Å². The molecule has 0 bridgehead atoms. The SMILES string of the molecule is CCC(C)(C)[S-].CCC(C)(C)[S-].[CH2]CC.[CH2]CC.[Sn+2]. The monoisotopic (exact) mass is 412 g/mol. The second kappa shape index (κ2) is 21.8. The number of hydrogen-bond acceptors (Lipinski definition) is 2. The summed E-state index contributed by atoms with van der Waals surface area (Å²) >= 11 is 9.97. The van der Waals surface area contributed by atoms with Crippen molar-refractivity contribution in [1.82, 2.24) is 0 Å². The Morgan fingerprint density at radius 1 is 0.684 bits per heavy atom. The molecule has 19 heavy (non-hydrogen) atoms. The van der Waals surface area contributed by atoms with Crippen LogP contribution in [0.5, 0.6) is 0 Å². The first kappa shape index (κ1) is 32.4. The standard InChI is InChI=1S/2C5H12S.2C3H7.Sn/c2*1-4-5(2,3)6;2*1-3-2;/h2*6H,4H2,1-3H3;2*1,3H2,2H3;/q;;;;+2/p-2. The van der Waals surface area contributed by atoms with Crippen LogP contribution in [-0.4, -0.2) is 33.4 Å². The molecule has 0 atom stereocenters. The molecule has 0 amide bonds. The van der Waals surface area contributed by atoms with Gasteiger partial charge in [-0.2, -0.15) is 9.49 Å². The van der Waals surface area contributed by atoms with Gasteiger partial charge >= 0.3 is 23.9 Å². The molecule has 116 valence electrons. The fraction of sp³-hybridized carbons (Fsp3) is 0.875. The Balaban J connectivity index is -0.0000000476. The van der Waals surface area contributed by atoms with Gasteiger partial charge in [0.2, 0.25) is 0 Å². The maximum absolute atomic E-state index is 4.99. The molecule has 0 fully saturated rings. The topological polar surface area (TPSA) is 0 Å². The molecule has 0 saturated heterocycles. The van der Waals surface area contributed by atoms with Crippen molar-refractivity contribution in [1.29, 1.82) is 0 Å². The molecule has 3 heteroatoms. The molecule has 0 aromatic heterocycles. The maximum atomic E-state index is 4.99. The molecule has 0 N–H and O–H groups in total. The molecule has 0 unspecified atom stereocenters.